The van der Waals surface area contributed by atoms with E-state index in [1.165, 1.54) is 6.07 Å². The molecule has 2 N–H and O–H groups in total. The second-order valence-electron chi connectivity index (χ2n) is 12.4. The normalized spacial score (nSPS) is 26.2. The summed E-state index contributed by atoms with van der Waals surface area (Å²) in [5.74, 6) is 2.61. The Morgan fingerprint density at radius 3 is 2.98 bits per heavy atom. The number of hydrogen-bond donors (Lipinski definition) is 2. The largest absolute Gasteiger partial charge is 0.508 e. The fraction of sp³-hybridized carbons (Fsp3) is 0.424. The maximum Gasteiger partial charge on any atom is 0.319 e. The van der Waals surface area contributed by atoms with Crippen molar-refractivity contribution in [3.63, 3.8) is 0 Å². The average Bonchev–Trinajstić information content (AvgIpc) is 3.48. The van der Waals surface area contributed by atoms with Gasteiger partial charge in [0, 0.05) is 48.6 Å². The summed E-state index contributed by atoms with van der Waals surface area (Å²) in [6.45, 7) is 5.17. The third-order valence-corrected chi connectivity index (χ3v) is 9.66. The second-order valence-corrected chi connectivity index (χ2v) is 12.4. The molecule has 11 heteroatoms. The molecular formula is C33H32F2N6O3. The van der Waals surface area contributed by atoms with Crippen LogP contribution in [-0.4, -0.2) is 88.1 Å². The monoisotopic (exact) mass is 598 g/mol. The maximum absolute atomic E-state index is 16.9. The van der Waals surface area contributed by atoms with E-state index >= 15 is 4.39 Å². The quantitative estimate of drug-likeness (QED) is 0.336. The Morgan fingerprint density at radius 2 is 2.11 bits per heavy atom. The molecule has 0 amide bonds. The minimum absolute atomic E-state index is 0.00151. The van der Waals surface area contributed by atoms with Crippen LogP contribution in [0.3, 0.4) is 0 Å². The first-order valence-electron chi connectivity index (χ1n) is 15.1. The zero-order valence-corrected chi connectivity index (χ0v) is 24.3. The second kappa shape index (κ2) is 10.1. The fourth-order valence-electron chi connectivity index (χ4n) is 7.72. The van der Waals surface area contributed by atoms with E-state index < -0.39 is 17.5 Å². The predicted octanol–water partition coefficient (Wildman–Crippen LogP) is 4.19. The van der Waals surface area contributed by atoms with Crippen molar-refractivity contribution in [1.82, 2.24) is 25.2 Å². The molecule has 4 aromatic rings. The van der Waals surface area contributed by atoms with Gasteiger partial charge in [-0.25, -0.2) is 13.8 Å². The fourth-order valence-corrected chi connectivity index (χ4v) is 7.72. The number of piperazine rings is 1. The Bertz CT molecular complexity index is 1860. The molecule has 4 atom stereocenters. The van der Waals surface area contributed by atoms with Crippen molar-refractivity contribution in [3.8, 4) is 41.2 Å². The van der Waals surface area contributed by atoms with Crippen LogP contribution in [0.5, 0.6) is 17.6 Å². The van der Waals surface area contributed by atoms with Crippen molar-refractivity contribution in [2.24, 2.45) is 0 Å². The Hall–Kier alpha value is -4.27. The van der Waals surface area contributed by atoms with Gasteiger partial charge in [-0.05, 0) is 49.9 Å². The van der Waals surface area contributed by atoms with Crippen LogP contribution in [0, 0.1) is 18.2 Å². The van der Waals surface area contributed by atoms with Gasteiger partial charge in [-0.1, -0.05) is 18.1 Å². The smallest absolute Gasteiger partial charge is 0.319 e. The number of ether oxygens (including phenoxy) is 2. The summed E-state index contributed by atoms with van der Waals surface area (Å²) in [7, 11) is 0. The lowest BCUT2D eigenvalue weighted by Gasteiger charge is -2.40. The third kappa shape index (κ3) is 4.15. The number of terminal acetylenes is 1. The summed E-state index contributed by atoms with van der Waals surface area (Å²) < 4.78 is 43.9. The Morgan fingerprint density at radius 1 is 1.23 bits per heavy atom. The van der Waals surface area contributed by atoms with E-state index in [9.17, 15) is 9.50 Å². The highest BCUT2D eigenvalue weighted by molar-refractivity contribution is 6.04. The number of anilines is 1. The molecule has 0 radical (unpaired) electrons. The average molecular weight is 599 g/mol. The number of fused-ring (bicyclic) bond motifs is 4. The molecule has 8 rings (SSSR count). The molecule has 3 saturated heterocycles. The van der Waals surface area contributed by atoms with Gasteiger partial charge >= 0.3 is 6.01 Å². The van der Waals surface area contributed by atoms with Crippen LogP contribution in [0.1, 0.15) is 31.7 Å². The highest BCUT2D eigenvalue weighted by atomic mass is 19.1. The van der Waals surface area contributed by atoms with Gasteiger partial charge in [0.25, 0.3) is 0 Å². The van der Waals surface area contributed by atoms with Crippen molar-refractivity contribution in [2.75, 3.05) is 44.3 Å². The number of benzene rings is 2. The van der Waals surface area contributed by atoms with Crippen molar-refractivity contribution in [2.45, 2.75) is 50.0 Å². The number of aromatic nitrogens is 3. The molecule has 226 valence electrons. The number of nitrogens with zero attached hydrogens (tertiary/aromatic N) is 5. The van der Waals surface area contributed by atoms with Gasteiger partial charge < -0.3 is 24.8 Å². The molecular weight excluding hydrogens is 566 g/mol. The highest BCUT2D eigenvalue weighted by Gasteiger charge is 2.49. The van der Waals surface area contributed by atoms with Crippen LogP contribution in [0.2, 0.25) is 0 Å². The van der Waals surface area contributed by atoms with Gasteiger partial charge in [0.05, 0.1) is 11.6 Å². The molecule has 2 aromatic heterocycles. The standard InChI is InChI=1S/C33H32F2N6O3/c1-3-19-6-4-7-20-10-23(42)11-24(25(19)20)28-27(35)29-26-30(41-18(2)13-36-14-22(41)16-43-31(26)37-28)39-32(38-29)44-17-33-8-5-9-40(33)15-21(34)12-33/h1,4,6-7,10-11,18,21-22,36,42H,5,8-9,12-17H2,2H3. The van der Waals surface area contributed by atoms with Crippen molar-refractivity contribution < 1.29 is 23.4 Å². The van der Waals surface area contributed by atoms with E-state index in [1.54, 1.807) is 24.3 Å². The van der Waals surface area contributed by atoms with Crippen LogP contribution in [-0.2, 0) is 0 Å². The van der Waals surface area contributed by atoms with Crippen molar-refractivity contribution in [3.05, 3.63) is 41.7 Å². The van der Waals surface area contributed by atoms with Gasteiger partial charge in [-0.2, -0.15) is 9.97 Å². The summed E-state index contributed by atoms with van der Waals surface area (Å²) in [5, 5.41) is 15.7. The molecule has 0 bridgehead atoms. The molecule has 44 heavy (non-hydrogen) atoms. The molecule has 4 aliphatic heterocycles. The van der Waals surface area contributed by atoms with E-state index in [0.717, 1.165) is 19.4 Å². The summed E-state index contributed by atoms with van der Waals surface area (Å²) in [6, 6.07) is 8.36. The van der Waals surface area contributed by atoms with E-state index in [2.05, 4.69) is 32.9 Å². The third-order valence-electron chi connectivity index (χ3n) is 9.66. The summed E-state index contributed by atoms with van der Waals surface area (Å²) in [4.78, 5) is 18.5. The summed E-state index contributed by atoms with van der Waals surface area (Å²) in [6.07, 6.45) is 7.13. The van der Waals surface area contributed by atoms with E-state index in [-0.39, 0.29) is 47.5 Å². The van der Waals surface area contributed by atoms with Crippen LogP contribution in [0.25, 0.3) is 32.9 Å². The number of aromatic hydroxyl groups is 1. The Kier molecular flexibility index (Phi) is 6.29. The lowest BCUT2D eigenvalue weighted by atomic mass is 9.95. The molecule has 2 aromatic carbocycles. The molecule has 0 saturated carbocycles. The number of nitrogens with one attached hydrogen (secondary N) is 1. The topological polar surface area (TPSA) is 95.9 Å². The number of pyridine rings is 1. The van der Waals surface area contributed by atoms with Crippen LogP contribution in [0.15, 0.2) is 30.3 Å². The first-order chi connectivity index (χ1) is 21.3. The molecule has 0 spiro atoms. The predicted molar refractivity (Wildman–Crippen MR) is 162 cm³/mol. The molecule has 0 aliphatic carbocycles. The molecule has 4 unspecified atom stereocenters. The summed E-state index contributed by atoms with van der Waals surface area (Å²) in [5.41, 5.74) is 0.404. The lowest BCUT2D eigenvalue weighted by molar-refractivity contribution is 0.107. The number of rotatable bonds is 4. The van der Waals surface area contributed by atoms with Crippen LogP contribution >= 0.6 is 0 Å². The Labute approximate surface area is 253 Å². The number of alkyl halides is 1. The molecule has 4 aliphatic rings. The van der Waals surface area contributed by atoms with Crippen molar-refractivity contribution >= 4 is 27.5 Å². The zero-order valence-electron chi connectivity index (χ0n) is 24.3. The summed E-state index contributed by atoms with van der Waals surface area (Å²) >= 11 is 0. The van der Waals surface area contributed by atoms with Crippen LogP contribution < -0.4 is 19.7 Å². The molecule has 3 fully saturated rings. The lowest BCUT2D eigenvalue weighted by Crippen LogP contribution is -2.58. The van der Waals surface area contributed by atoms with E-state index in [0.29, 0.717) is 65.8 Å². The maximum atomic E-state index is 16.9. The van der Waals surface area contributed by atoms with Crippen LogP contribution in [0.4, 0.5) is 14.6 Å². The number of hydrogen-bond acceptors (Lipinski definition) is 9. The SMILES string of the molecule is C#Cc1cccc2cc(O)cc(-c3nc4c5c(nc(OCC67CCCN6CC(F)C7)nc5c3F)N3C(C)CNCC3CO4)c12. The minimum atomic E-state index is -0.903. The van der Waals surface area contributed by atoms with E-state index in [1.807, 2.05) is 0 Å². The first kappa shape index (κ1) is 27.3. The Balaban J connectivity index is 1.33. The molecule has 6 heterocycles. The van der Waals surface area contributed by atoms with Gasteiger partial charge in [-0.3, -0.25) is 4.90 Å². The van der Waals surface area contributed by atoms with Gasteiger partial charge in [0.2, 0.25) is 5.88 Å². The minimum Gasteiger partial charge on any atom is -0.508 e. The van der Waals surface area contributed by atoms with Crippen molar-refractivity contribution in [1.29, 1.82) is 0 Å². The first-order valence-corrected chi connectivity index (χ1v) is 15.1. The number of phenols is 1. The number of phenolic OH excluding ortho intramolecular Hbond substituents is 1. The highest BCUT2D eigenvalue weighted by Crippen LogP contribution is 2.44. The van der Waals surface area contributed by atoms with Gasteiger partial charge in [0.15, 0.2) is 5.82 Å². The zero-order chi connectivity index (χ0) is 30.2. The van der Waals surface area contributed by atoms with E-state index in [4.69, 9.17) is 25.9 Å². The number of halogens is 2. The van der Waals surface area contributed by atoms with Gasteiger partial charge in [-0.15, -0.1) is 6.42 Å². The molecule has 9 nitrogen and oxygen atoms in total. The van der Waals surface area contributed by atoms with Gasteiger partial charge in [0.1, 0.15) is 47.5 Å².